The zero-order chi connectivity index (χ0) is 15.0. The number of nitrogens with zero attached hydrogens (tertiary/aromatic N) is 2. The Morgan fingerprint density at radius 3 is 2.90 bits per heavy atom. The Kier molecular flexibility index (Phi) is 4.23. The summed E-state index contributed by atoms with van der Waals surface area (Å²) in [5.74, 6) is 0.919. The highest BCUT2D eigenvalue weighted by atomic mass is 35.5. The molecule has 2 fully saturated rings. The highest BCUT2D eigenvalue weighted by Crippen LogP contribution is 2.45. The summed E-state index contributed by atoms with van der Waals surface area (Å²) >= 11 is 6.18. The van der Waals surface area contributed by atoms with Crippen LogP contribution < -0.4 is 0 Å². The van der Waals surface area contributed by atoms with Crippen molar-refractivity contribution in [3.8, 4) is 0 Å². The molecule has 2 heterocycles. The first kappa shape index (κ1) is 14.9. The van der Waals surface area contributed by atoms with Crippen LogP contribution in [0.15, 0.2) is 23.4 Å². The van der Waals surface area contributed by atoms with Crippen LogP contribution in [0.3, 0.4) is 0 Å². The van der Waals surface area contributed by atoms with E-state index in [1.807, 2.05) is 12.3 Å². The Hall–Kier alpha value is -1.06. The van der Waals surface area contributed by atoms with Crippen molar-refractivity contribution in [3.63, 3.8) is 0 Å². The summed E-state index contributed by atoms with van der Waals surface area (Å²) < 4.78 is 0. The minimum Gasteiger partial charge on any atom is -0.399 e. The van der Waals surface area contributed by atoms with Gasteiger partial charge in [-0.1, -0.05) is 28.9 Å². The molecular weight excluding hydrogens is 284 g/mol. The van der Waals surface area contributed by atoms with Crippen LogP contribution in [0.4, 0.5) is 0 Å². The Morgan fingerprint density at radius 1 is 1.38 bits per heavy atom. The van der Waals surface area contributed by atoms with E-state index in [1.165, 1.54) is 24.8 Å². The smallest absolute Gasteiger partial charge is 0.106 e. The Morgan fingerprint density at radius 2 is 2.19 bits per heavy atom. The van der Waals surface area contributed by atoms with Crippen molar-refractivity contribution in [2.24, 2.45) is 11.1 Å². The predicted octanol–water partition coefficient (Wildman–Crippen LogP) is 3.85. The number of aryl methyl sites for hydroxylation is 1. The summed E-state index contributed by atoms with van der Waals surface area (Å²) in [4.78, 5) is 7.48. The molecule has 2 saturated heterocycles. The Bertz CT molecular complexity index is 546. The number of fused-ring (bicyclic) bond motifs is 2. The average Bonchev–Trinajstić information content (AvgIpc) is 2.72. The molecule has 2 aliphatic rings. The molecule has 21 heavy (non-hydrogen) atoms. The van der Waals surface area contributed by atoms with Gasteiger partial charge in [0.25, 0.3) is 0 Å². The molecule has 2 aliphatic heterocycles. The van der Waals surface area contributed by atoms with Crippen molar-refractivity contribution in [2.75, 3.05) is 14.2 Å². The second-order valence-electron chi connectivity index (χ2n) is 6.33. The van der Waals surface area contributed by atoms with Crippen molar-refractivity contribution < 1.29 is 4.84 Å². The third-order valence-electron chi connectivity index (χ3n) is 5.28. The Balaban J connectivity index is 1.94. The lowest BCUT2D eigenvalue weighted by molar-refractivity contribution is 0.131. The molecular formula is C17H23ClN2O. The monoisotopic (exact) mass is 306 g/mol. The maximum atomic E-state index is 6.18. The zero-order valence-electron chi connectivity index (χ0n) is 12.9. The number of hydrogen-bond acceptors (Lipinski definition) is 3. The second kappa shape index (κ2) is 5.98. The van der Waals surface area contributed by atoms with Crippen LogP contribution in [0, 0.1) is 12.8 Å². The number of hydrogen-bond donors (Lipinski definition) is 0. The van der Waals surface area contributed by atoms with Gasteiger partial charge in [-0.2, -0.15) is 0 Å². The Labute approximate surface area is 131 Å². The minimum absolute atomic E-state index is 0.411. The SMILES string of the molecule is CO/N=C/[C@@H]1C(c2ccc(Cl)c(C)c2)C[C@H]2CCC1N2C. The second-order valence-corrected chi connectivity index (χ2v) is 6.74. The molecule has 1 aromatic rings. The van der Waals surface area contributed by atoms with Gasteiger partial charge >= 0.3 is 0 Å². The van der Waals surface area contributed by atoms with E-state index >= 15 is 0 Å². The minimum atomic E-state index is 0.411. The maximum absolute atomic E-state index is 6.18. The van der Waals surface area contributed by atoms with Gasteiger partial charge in [-0.25, -0.2) is 0 Å². The van der Waals surface area contributed by atoms with E-state index in [1.54, 1.807) is 7.11 Å². The molecule has 0 spiro atoms. The maximum Gasteiger partial charge on any atom is 0.106 e. The summed E-state index contributed by atoms with van der Waals surface area (Å²) in [6.45, 7) is 2.08. The first-order chi connectivity index (χ1) is 10.1. The molecule has 0 aliphatic carbocycles. The molecule has 2 bridgehead atoms. The molecule has 3 rings (SSSR count). The van der Waals surface area contributed by atoms with Gasteiger partial charge in [0.05, 0.1) is 0 Å². The van der Waals surface area contributed by atoms with Crippen LogP contribution in [-0.2, 0) is 4.84 Å². The summed E-state index contributed by atoms with van der Waals surface area (Å²) in [6.07, 6.45) is 5.75. The first-order valence-electron chi connectivity index (χ1n) is 7.66. The summed E-state index contributed by atoms with van der Waals surface area (Å²) in [7, 11) is 3.86. The summed E-state index contributed by atoms with van der Waals surface area (Å²) in [5.41, 5.74) is 2.54. The molecule has 0 N–H and O–H groups in total. The lowest BCUT2D eigenvalue weighted by Gasteiger charge is -2.41. The van der Waals surface area contributed by atoms with E-state index in [-0.39, 0.29) is 0 Å². The quantitative estimate of drug-likeness (QED) is 0.626. The number of rotatable bonds is 3. The fraction of sp³-hybridized carbons (Fsp3) is 0.588. The van der Waals surface area contributed by atoms with Crippen LogP contribution in [0.2, 0.25) is 5.02 Å². The third-order valence-corrected chi connectivity index (χ3v) is 5.70. The molecule has 114 valence electrons. The van der Waals surface area contributed by atoms with Gasteiger partial charge in [-0.15, -0.1) is 0 Å². The molecule has 3 nitrogen and oxygen atoms in total. The van der Waals surface area contributed by atoms with Crippen LogP contribution in [0.1, 0.15) is 36.3 Å². The van der Waals surface area contributed by atoms with Gasteiger partial charge in [-0.05, 0) is 56.3 Å². The third kappa shape index (κ3) is 2.69. The van der Waals surface area contributed by atoms with Gasteiger partial charge in [0.1, 0.15) is 7.11 Å². The van der Waals surface area contributed by atoms with Gasteiger partial charge < -0.3 is 4.84 Å². The van der Waals surface area contributed by atoms with Crippen LogP contribution in [0.5, 0.6) is 0 Å². The molecule has 0 aromatic heterocycles. The molecule has 0 radical (unpaired) electrons. The first-order valence-corrected chi connectivity index (χ1v) is 8.04. The van der Waals surface area contributed by atoms with E-state index in [0.29, 0.717) is 23.9 Å². The zero-order valence-corrected chi connectivity index (χ0v) is 13.7. The average molecular weight is 307 g/mol. The van der Waals surface area contributed by atoms with Crippen LogP contribution >= 0.6 is 11.6 Å². The number of oxime groups is 1. The lowest BCUT2D eigenvalue weighted by atomic mass is 9.76. The molecule has 2 unspecified atom stereocenters. The van der Waals surface area contributed by atoms with E-state index in [4.69, 9.17) is 16.4 Å². The van der Waals surface area contributed by atoms with Crippen LogP contribution in [-0.4, -0.2) is 37.4 Å². The normalized spacial score (nSPS) is 32.8. The number of halogens is 1. The van der Waals surface area contributed by atoms with Crippen LogP contribution in [0.25, 0.3) is 0 Å². The standard InChI is InChI=1S/C17H23ClN2O/c1-11-8-12(4-6-16(11)18)14-9-13-5-7-17(20(13)2)15(14)10-19-21-3/h4,6,8,10,13-15,17H,5,7,9H2,1-3H3/b19-10+/t13-,14?,15-,17?/m1/s1. The van der Waals surface area contributed by atoms with E-state index < -0.39 is 0 Å². The summed E-state index contributed by atoms with van der Waals surface area (Å²) in [5, 5.41) is 4.93. The van der Waals surface area contributed by atoms with Gasteiger partial charge in [0.2, 0.25) is 0 Å². The van der Waals surface area contributed by atoms with Gasteiger partial charge in [-0.3, -0.25) is 4.90 Å². The predicted molar refractivity (Wildman–Crippen MR) is 87.1 cm³/mol. The fourth-order valence-corrected chi connectivity index (χ4v) is 4.22. The fourth-order valence-electron chi connectivity index (χ4n) is 4.10. The number of piperidine rings is 1. The van der Waals surface area contributed by atoms with Crippen molar-refractivity contribution in [1.29, 1.82) is 0 Å². The van der Waals surface area contributed by atoms with Crippen molar-refractivity contribution >= 4 is 17.8 Å². The molecule has 4 heteroatoms. The number of benzene rings is 1. The van der Waals surface area contributed by atoms with Crippen molar-refractivity contribution in [1.82, 2.24) is 4.90 Å². The summed E-state index contributed by atoms with van der Waals surface area (Å²) in [6, 6.07) is 7.72. The largest absolute Gasteiger partial charge is 0.399 e. The van der Waals surface area contributed by atoms with Gasteiger partial charge in [0.15, 0.2) is 0 Å². The topological polar surface area (TPSA) is 24.8 Å². The van der Waals surface area contributed by atoms with Crippen molar-refractivity contribution in [2.45, 2.75) is 44.2 Å². The van der Waals surface area contributed by atoms with E-state index in [2.05, 4.69) is 36.2 Å². The molecule has 0 saturated carbocycles. The molecule has 1 aromatic carbocycles. The van der Waals surface area contributed by atoms with Gasteiger partial charge in [0, 0.05) is 29.2 Å². The van der Waals surface area contributed by atoms with E-state index in [0.717, 1.165) is 10.6 Å². The lowest BCUT2D eigenvalue weighted by Crippen LogP contribution is -2.46. The molecule has 4 atom stereocenters. The highest BCUT2D eigenvalue weighted by molar-refractivity contribution is 6.31. The molecule has 0 amide bonds. The van der Waals surface area contributed by atoms with Crippen molar-refractivity contribution in [3.05, 3.63) is 34.3 Å². The highest BCUT2D eigenvalue weighted by Gasteiger charge is 2.45. The van der Waals surface area contributed by atoms with E-state index in [9.17, 15) is 0 Å².